The zero-order valence-corrected chi connectivity index (χ0v) is 18.9. The van der Waals surface area contributed by atoms with Crippen LogP contribution in [0.2, 0.25) is 0 Å². The largest absolute Gasteiger partial charge is 0.466 e. The van der Waals surface area contributed by atoms with Gasteiger partial charge in [-0.25, -0.2) is 4.79 Å². The number of hydrogen-bond donors (Lipinski definition) is 2. The van der Waals surface area contributed by atoms with Crippen molar-refractivity contribution >= 4 is 23.5 Å². The van der Waals surface area contributed by atoms with Crippen molar-refractivity contribution in [2.45, 2.75) is 46.1 Å². The minimum Gasteiger partial charge on any atom is -0.466 e. The van der Waals surface area contributed by atoms with Crippen LogP contribution in [0.3, 0.4) is 0 Å². The van der Waals surface area contributed by atoms with Gasteiger partial charge in [0.2, 0.25) is 5.91 Å². The Hall–Kier alpha value is -3.69. The number of carbonyl (C=O) groups is 3. The number of rotatable bonds is 6. The van der Waals surface area contributed by atoms with Crippen molar-refractivity contribution in [1.29, 1.82) is 0 Å². The molecule has 0 saturated carbocycles. The summed E-state index contributed by atoms with van der Waals surface area (Å²) in [4.78, 5) is 48.5. The van der Waals surface area contributed by atoms with E-state index in [9.17, 15) is 24.5 Å². The van der Waals surface area contributed by atoms with E-state index < -0.39 is 34.3 Å². The van der Waals surface area contributed by atoms with Crippen molar-refractivity contribution in [2.75, 3.05) is 13.7 Å². The number of esters is 2. The van der Waals surface area contributed by atoms with Crippen LogP contribution in [0.5, 0.6) is 0 Å². The number of nitrogens with zero attached hydrogens (tertiary/aromatic N) is 1. The average Bonchev–Trinajstić information content (AvgIpc) is 2.69. The van der Waals surface area contributed by atoms with Crippen LogP contribution >= 0.6 is 0 Å². The molecular formula is C22H27N3O7. The van der Waals surface area contributed by atoms with E-state index in [4.69, 9.17) is 9.47 Å². The van der Waals surface area contributed by atoms with Crippen molar-refractivity contribution in [1.82, 2.24) is 10.6 Å². The number of methoxy groups -OCH3 is 1. The summed E-state index contributed by atoms with van der Waals surface area (Å²) in [7, 11) is 1.21. The van der Waals surface area contributed by atoms with Crippen molar-refractivity contribution in [3.8, 4) is 0 Å². The quantitative estimate of drug-likeness (QED) is 0.387. The van der Waals surface area contributed by atoms with Gasteiger partial charge in [-0.05, 0) is 40.2 Å². The summed E-state index contributed by atoms with van der Waals surface area (Å²) < 4.78 is 10.1. The molecule has 1 aromatic carbocycles. The van der Waals surface area contributed by atoms with E-state index in [-0.39, 0.29) is 23.4 Å². The van der Waals surface area contributed by atoms with E-state index in [0.717, 1.165) is 0 Å². The lowest BCUT2D eigenvalue weighted by Gasteiger charge is -2.30. The molecular weight excluding hydrogens is 418 g/mol. The third kappa shape index (κ3) is 5.71. The van der Waals surface area contributed by atoms with Crippen LogP contribution in [-0.4, -0.2) is 42.0 Å². The van der Waals surface area contributed by atoms with Crippen LogP contribution in [0.4, 0.5) is 5.69 Å². The highest BCUT2D eigenvalue weighted by molar-refractivity contribution is 6.02. The Morgan fingerprint density at radius 3 is 2.34 bits per heavy atom. The molecule has 1 atom stereocenters. The summed E-state index contributed by atoms with van der Waals surface area (Å²) in [5.41, 5.74) is 0.632. The highest BCUT2D eigenvalue weighted by atomic mass is 16.6. The lowest BCUT2D eigenvalue weighted by Crippen LogP contribution is -2.39. The molecule has 0 spiro atoms. The number of non-ortho nitro benzene ring substituents is 1. The zero-order chi connectivity index (χ0) is 24.2. The second-order valence-corrected chi connectivity index (χ2v) is 8.25. The van der Waals surface area contributed by atoms with E-state index in [1.807, 2.05) is 0 Å². The fourth-order valence-corrected chi connectivity index (χ4v) is 3.45. The predicted octanol–water partition coefficient (Wildman–Crippen LogP) is 2.46. The Kier molecular flexibility index (Phi) is 7.40. The zero-order valence-electron chi connectivity index (χ0n) is 18.9. The molecule has 1 aliphatic rings. The molecule has 0 radical (unpaired) electrons. The summed E-state index contributed by atoms with van der Waals surface area (Å²) in [5, 5.41) is 16.8. The summed E-state index contributed by atoms with van der Waals surface area (Å²) in [5.74, 6) is -2.87. The van der Waals surface area contributed by atoms with Crippen molar-refractivity contribution in [3.63, 3.8) is 0 Å². The standard InChI is InChI=1S/C22H27N3O7/c1-12-17(20(27)23-11-16(26)32-22(3,4)5)19(18(13(2)24-12)21(28)31-6)14-8-7-9-15(10-14)25(29)30/h7-10,19,24H,11H2,1-6H3,(H,23,27)/t19-/m1/s1. The minimum absolute atomic E-state index is 0.139. The van der Waals surface area contributed by atoms with Gasteiger partial charge in [0.15, 0.2) is 0 Å². The smallest absolute Gasteiger partial charge is 0.336 e. The maximum absolute atomic E-state index is 13.1. The molecule has 1 amide bonds. The monoisotopic (exact) mass is 445 g/mol. The molecule has 0 saturated heterocycles. The summed E-state index contributed by atoms with van der Waals surface area (Å²) >= 11 is 0. The summed E-state index contributed by atoms with van der Waals surface area (Å²) in [6.07, 6.45) is 0. The first-order chi connectivity index (χ1) is 14.9. The lowest BCUT2D eigenvalue weighted by molar-refractivity contribution is -0.384. The molecule has 0 fully saturated rings. The molecule has 0 bridgehead atoms. The van der Waals surface area contributed by atoms with Gasteiger partial charge in [0, 0.05) is 29.1 Å². The third-order valence-corrected chi connectivity index (χ3v) is 4.64. The molecule has 0 aromatic heterocycles. The van der Waals surface area contributed by atoms with Crippen LogP contribution in [0, 0.1) is 10.1 Å². The molecule has 172 valence electrons. The number of allylic oxidation sites excluding steroid dienone is 2. The normalized spacial score (nSPS) is 16.2. The fraction of sp³-hybridized carbons (Fsp3) is 0.409. The first kappa shape index (κ1) is 24.6. The van der Waals surface area contributed by atoms with Gasteiger partial charge in [0.1, 0.15) is 12.1 Å². The Balaban J connectivity index is 2.49. The summed E-state index contributed by atoms with van der Waals surface area (Å²) in [6, 6.07) is 5.69. The van der Waals surface area contributed by atoms with Gasteiger partial charge in [0.25, 0.3) is 5.69 Å². The number of carbonyl (C=O) groups excluding carboxylic acids is 3. The molecule has 2 N–H and O–H groups in total. The van der Waals surface area contributed by atoms with Gasteiger partial charge in [-0.2, -0.15) is 0 Å². The highest BCUT2D eigenvalue weighted by Gasteiger charge is 2.37. The van der Waals surface area contributed by atoms with E-state index in [1.54, 1.807) is 40.7 Å². The van der Waals surface area contributed by atoms with Crippen molar-refractivity contribution in [2.24, 2.45) is 0 Å². The maximum Gasteiger partial charge on any atom is 0.336 e. The molecule has 2 rings (SSSR count). The number of nitrogens with one attached hydrogen (secondary N) is 2. The molecule has 0 unspecified atom stereocenters. The molecule has 10 heteroatoms. The topological polar surface area (TPSA) is 137 Å². The van der Waals surface area contributed by atoms with Gasteiger partial charge in [0.05, 0.1) is 23.5 Å². The molecule has 0 aliphatic carbocycles. The molecule has 10 nitrogen and oxygen atoms in total. The van der Waals surface area contributed by atoms with E-state index in [0.29, 0.717) is 17.0 Å². The Morgan fingerprint density at radius 1 is 1.16 bits per heavy atom. The molecule has 1 heterocycles. The Bertz CT molecular complexity index is 1020. The fourth-order valence-electron chi connectivity index (χ4n) is 3.45. The van der Waals surface area contributed by atoms with Gasteiger partial charge in [-0.15, -0.1) is 0 Å². The Labute approximate surface area is 185 Å². The van der Waals surface area contributed by atoms with Crippen molar-refractivity contribution in [3.05, 3.63) is 62.5 Å². The number of benzene rings is 1. The van der Waals surface area contributed by atoms with E-state index in [1.165, 1.54) is 25.3 Å². The molecule has 32 heavy (non-hydrogen) atoms. The maximum atomic E-state index is 13.1. The second kappa shape index (κ2) is 9.63. The van der Waals surface area contributed by atoms with Crippen LogP contribution < -0.4 is 10.6 Å². The number of nitro groups is 1. The lowest BCUT2D eigenvalue weighted by atomic mass is 9.80. The summed E-state index contributed by atoms with van der Waals surface area (Å²) in [6.45, 7) is 8.03. The van der Waals surface area contributed by atoms with Crippen LogP contribution in [0.1, 0.15) is 46.1 Å². The van der Waals surface area contributed by atoms with Crippen LogP contribution in [0.15, 0.2) is 46.8 Å². The molecule has 1 aliphatic heterocycles. The van der Waals surface area contributed by atoms with Gasteiger partial charge in [-0.1, -0.05) is 12.1 Å². The first-order valence-electron chi connectivity index (χ1n) is 9.87. The number of ether oxygens (including phenoxy) is 2. The highest BCUT2D eigenvalue weighted by Crippen LogP contribution is 2.39. The van der Waals surface area contributed by atoms with E-state index >= 15 is 0 Å². The van der Waals surface area contributed by atoms with Crippen molar-refractivity contribution < 1.29 is 28.8 Å². The van der Waals surface area contributed by atoms with Gasteiger partial charge >= 0.3 is 11.9 Å². The third-order valence-electron chi connectivity index (χ3n) is 4.64. The second-order valence-electron chi connectivity index (χ2n) is 8.25. The SMILES string of the molecule is COC(=O)C1=C(C)NC(C)=C(C(=O)NCC(=O)OC(C)(C)C)[C@H]1c1cccc([N+](=O)[O-])c1. The van der Waals surface area contributed by atoms with Crippen LogP contribution in [0.25, 0.3) is 0 Å². The Morgan fingerprint density at radius 2 is 1.78 bits per heavy atom. The predicted molar refractivity (Wildman–Crippen MR) is 115 cm³/mol. The number of hydrogen-bond acceptors (Lipinski definition) is 8. The average molecular weight is 445 g/mol. The number of dihydropyridines is 1. The minimum atomic E-state index is -0.942. The number of nitro benzene ring substituents is 1. The number of amides is 1. The van der Waals surface area contributed by atoms with E-state index in [2.05, 4.69) is 10.6 Å². The van der Waals surface area contributed by atoms with Gasteiger partial charge < -0.3 is 20.1 Å². The van der Waals surface area contributed by atoms with Gasteiger partial charge in [-0.3, -0.25) is 19.7 Å². The molecule has 1 aromatic rings. The van der Waals surface area contributed by atoms with Crippen LogP contribution in [-0.2, 0) is 23.9 Å². The first-order valence-corrected chi connectivity index (χ1v) is 9.87.